The van der Waals surface area contributed by atoms with Gasteiger partial charge in [-0.05, 0) is 74.0 Å². The molecule has 2 fully saturated rings. The minimum absolute atomic E-state index is 0.663. The lowest BCUT2D eigenvalue weighted by atomic mass is 9.71. The molecule has 0 spiro atoms. The van der Waals surface area contributed by atoms with Gasteiger partial charge < -0.3 is 14.7 Å². The summed E-state index contributed by atoms with van der Waals surface area (Å²) in [7, 11) is 0. The third kappa shape index (κ3) is 5.48. The summed E-state index contributed by atoms with van der Waals surface area (Å²) in [6, 6.07) is 18.8. The molecule has 0 radical (unpaired) electrons. The number of aromatic nitrogens is 1. The number of hydrogen-bond donors (Lipinski definition) is 1. The molecule has 2 aromatic heterocycles. The van der Waals surface area contributed by atoms with Gasteiger partial charge in [0.1, 0.15) is 11.2 Å². The molecule has 1 saturated heterocycles. The summed E-state index contributed by atoms with van der Waals surface area (Å²) in [6.45, 7) is 6.10. The van der Waals surface area contributed by atoms with Crippen LogP contribution in [-0.2, 0) is 10.2 Å². The summed E-state index contributed by atoms with van der Waals surface area (Å²) in [5.74, 6) is 0.0547. The van der Waals surface area contributed by atoms with E-state index in [2.05, 4.69) is 39.4 Å². The largest absolute Gasteiger partial charge is 0.494 e. The number of piperazine rings is 1. The summed E-state index contributed by atoms with van der Waals surface area (Å²) >= 11 is 1.81. The first kappa shape index (κ1) is 26.1. The molecule has 0 atom stereocenters. The van der Waals surface area contributed by atoms with Gasteiger partial charge in [0.15, 0.2) is 0 Å². The van der Waals surface area contributed by atoms with Crippen molar-refractivity contribution in [2.45, 2.75) is 50.4 Å². The number of carbonyl (C=O) groups is 1. The van der Waals surface area contributed by atoms with Gasteiger partial charge in [-0.3, -0.25) is 14.7 Å². The molecule has 204 valence electrons. The molecule has 6 rings (SSSR count). The molecule has 1 aliphatic heterocycles. The van der Waals surface area contributed by atoms with Crippen molar-refractivity contribution in [3.8, 4) is 5.75 Å². The van der Waals surface area contributed by atoms with E-state index < -0.39 is 11.4 Å². The first-order valence-corrected chi connectivity index (χ1v) is 15.2. The Bertz CT molecular complexity index is 1440. The maximum absolute atomic E-state index is 12.2. The van der Waals surface area contributed by atoms with Crippen molar-refractivity contribution in [3.05, 3.63) is 65.7 Å². The molecule has 39 heavy (non-hydrogen) atoms. The third-order valence-corrected chi connectivity index (χ3v) is 9.48. The van der Waals surface area contributed by atoms with Gasteiger partial charge in [-0.2, -0.15) is 0 Å². The highest BCUT2D eigenvalue weighted by molar-refractivity contribution is 7.17. The Morgan fingerprint density at radius 2 is 1.79 bits per heavy atom. The number of ether oxygens (including phenoxy) is 1. The lowest BCUT2D eigenvalue weighted by molar-refractivity contribution is -0.145. The monoisotopic (exact) mass is 543 g/mol. The zero-order valence-electron chi connectivity index (χ0n) is 22.5. The fraction of sp³-hybridized carbons (Fsp3) is 0.438. The van der Waals surface area contributed by atoms with Crippen molar-refractivity contribution < 1.29 is 14.6 Å². The predicted octanol–water partition coefficient (Wildman–Crippen LogP) is 6.72. The second-order valence-corrected chi connectivity index (χ2v) is 11.9. The first-order valence-electron chi connectivity index (χ1n) is 14.3. The van der Waals surface area contributed by atoms with E-state index in [1.165, 1.54) is 15.8 Å². The Balaban J connectivity index is 0.986. The zero-order valence-corrected chi connectivity index (χ0v) is 23.3. The summed E-state index contributed by atoms with van der Waals surface area (Å²) in [5.41, 5.74) is 2.01. The molecule has 2 aromatic carbocycles. The number of aliphatic carboxylic acids is 1. The van der Waals surface area contributed by atoms with Gasteiger partial charge in [-0.1, -0.05) is 31.4 Å². The number of unbranched alkanes of at least 4 members (excludes halogenated alkanes) is 1. The van der Waals surface area contributed by atoms with Crippen LogP contribution in [0.3, 0.4) is 0 Å². The topological polar surface area (TPSA) is 65.9 Å². The third-order valence-electron chi connectivity index (χ3n) is 8.59. The maximum atomic E-state index is 12.2. The van der Waals surface area contributed by atoms with Crippen molar-refractivity contribution >= 4 is 44.0 Å². The minimum Gasteiger partial charge on any atom is -0.494 e. The van der Waals surface area contributed by atoms with E-state index >= 15 is 0 Å². The summed E-state index contributed by atoms with van der Waals surface area (Å²) in [4.78, 5) is 22.2. The first-order chi connectivity index (χ1) is 19.1. The number of hydrogen-bond acceptors (Lipinski definition) is 6. The quantitative estimate of drug-likeness (QED) is 0.237. The van der Waals surface area contributed by atoms with Crippen LogP contribution in [0.2, 0.25) is 0 Å². The number of rotatable bonds is 9. The van der Waals surface area contributed by atoms with Crippen LogP contribution in [0.25, 0.3) is 21.0 Å². The molecule has 4 aromatic rings. The van der Waals surface area contributed by atoms with Crippen molar-refractivity contribution in [2.75, 3.05) is 44.2 Å². The Hall–Kier alpha value is -3.16. The number of benzene rings is 2. The van der Waals surface area contributed by atoms with Crippen LogP contribution in [0.15, 0.2) is 60.0 Å². The Labute approximate surface area is 234 Å². The van der Waals surface area contributed by atoms with Crippen LogP contribution in [0.1, 0.15) is 50.6 Å². The number of fused-ring (bicyclic) bond motifs is 2. The molecule has 7 heteroatoms. The average Bonchev–Trinajstić information content (AvgIpc) is 3.47. The molecule has 0 amide bonds. The number of nitrogens with zero attached hydrogens (tertiary/aromatic N) is 3. The van der Waals surface area contributed by atoms with Gasteiger partial charge in [-0.25, -0.2) is 0 Å². The van der Waals surface area contributed by atoms with E-state index in [0.717, 1.165) is 81.5 Å². The molecule has 2 aliphatic rings. The van der Waals surface area contributed by atoms with E-state index in [-0.39, 0.29) is 0 Å². The second kappa shape index (κ2) is 11.5. The van der Waals surface area contributed by atoms with Crippen molar-refractivity contribution in [2.24, 2.45) is 0 Å². The van der Waals surface area contributed by atoms with Crippen LogP contribution >= 0.6 is 11.3 Å². The summed E-state index contributed by atoms with van der Waals surface area (Å²) in [6.07, 6.45) is 6.42. The van der Waals surface area contributed by atoms with E-state index in [4.69, 9.17) is 9.72 Å². The second-order valence-electron chi connectivity index (χ2n) is 11.0. The maximum Gasteiger partial charge on any atom is 0.315 e. The number of carboxylic acid groups (broad SMARTS) is 1. The molecular formula is C32H37N3O3S. The van der Waals surface area contributed by atoms with Gasteiger partial charge in [0.05, 0.1) is 17.8 Å². The molecule has 3 heterocycles. The predicted molar refractivity (Wildman–Crippen MR) is 159 cm³/mol. The van der Waals surface area contributed by atoms with Gasteiger partial charge in [0.2, 0.25) is 0 Å². The summed E-state index contributed by atoms with van der Waals surface area (Å²) < 4.78 is 7.45. The van der Waals surface area contributed by atoms with Gasteiger partial charge in [0, 0.05) is 53.4 Å². The van der Waals surface area contributed by atoms with Gasteiger partial charge in [0.25, 0.3) is 0 Å². The molecule has 1 N–H and O–H groups in total. The number of carboxylic acids is 1. The van der Waals surface area contributed by atoms with Gasteiger partial charge >= 0.3 is 5.97 Å². The van der Waals surface area contributed by atoms with E-state index in [9.17, 15) is 9.90 Å². The molecule has 6 nitrogen and oxygen atoms in total. The smallest absolute Gasteiger partial charge is 0.315 e. The average molecular weight is 544 g/mol. The summed E-state index contributed by atoms with van der Waals surface area (Å²) in [5, 5.41) is 14.6. The standard InChI is InChI=1S/C32H37N3O3S/c36-31(37)32(14-2-1-3-15-32)30-12-10-24-9-11-25(23-27(24)33-30)38-21-5-4-16-34-17-19-35(20-18-34)28-7-6-8-29-26(28)13-22-39-29/h6-13,22-23H,1-5,14-21H2,(H,36,37). The van der Waals surface area contributed by atoms with E-state index in [1.807, 2.05) is 41.7 Å². The number of pyridine rings is 1. The minimum atomic E-state index is -0.855. The Kier molecular flexibility index (Phi) is 7.71. The Morgan fingerprint density at radius 3 is 2.62 bits per heavy atom. The lowest BCUT2D eigenvalue weighted by Crippen LogP contribution is -2.46. The fourth-order valence-corrected chi connectivity index (χ4v) is 7.09. The zero-order chi connectivity index (χ0) is 26.7. The van der Waals surface area contributed by atoms with E-state index in [0.29, 0.717) is 25.1 Å². The molecule has 1 aliphatic carbocycles. The fourth-order valence-electron chi connectivity index (χ4n) is 6.28. The number of thiophene rings is 1. The van der Waals surface area contributed by atoms with Gasteiger partial charge in [-0.15, -0.1) is 11.3 Å². The lowest BCUT2D eigenvalue weighted by Gasteiger charge is -2.36. The Morgan fingerprint density at radius 1 is 0.974 bits per heavy atom. The highest BCUT2D eigenvalue weighted by atomic mass is 32.1. The molecule has 0 unspecified atom stereocenters. The number of anilines is 1. The highest BCUT2D eigenvalue weighted by Gasteiger charge is 2.42. The van der Waals surface area contributed by atoms with Crippen LogP contribution in [0.5, 0.6) is 5.75 Å². The van der Waals surface area contributed by atoms with Crippen molar-refractivity contribution in [1.29, 1.82) is 0 Å². The molecule has 0 bridgehead atoms. The van der Waals surface area contributed by atoms with E-state index in [1.54, 1.807) is 0 Å². The van der Waals surface area contributed by atoms with Crippen LogP contribution in [-0.4, -0.2) is 60.3 Å². The normalized spacial score (nSPS) is 18.0. The van der Waals surface area contributed by atoms with Crippen molar-refractivity contribution in [3.63, 3.8) is 0 Å². The highest BCUT2D eigenvalue weighted by Crippen LogP contribution is 2.39. The van der Waals surface area contributed by atoms with Crippen LogP contribution < -0.4 is 9.64 Å². The SMILES string of the molecule is O=C(O)C1(c2ccc3ccc(OCCCCN4CCN(c5cccc6sccc56)CC4)cc3n2)CCCCC1. The van der Waals surface area contributed by atoms with Crippen LogP contribution in [0, 0.1) is 0 Å². The van der Waals surface area contributed by atoms with Crippen LogP contribution in [0.4, 0.5) is 5.69 Å². The molecule has 1 saturated carbocycles. The van der Waals surface area contributed by atoms with Crippen molar-refractivity contribution in [1.82, 2.24) is 9.88 Å². The molecular weight excluding hydrogens is 506 g/mol.